The number of hydrogen-bond acceptors (Lipinski definition) is 1. The summed E-state index contributed by atoms with van der Waals surface area (Å²) in [6.07, 6.45) is 15.6. The zero-order chi connectivity index (χ0) is 20.3. The lowest BCUT2D eigenvalue weighted by molar-refractivity contribution is 0.304. The van der Waals surface area contributed by atoms with Crippen molar-refractivity contribution < 1.29 is 4.74 Å². The van der Waals surface area contributed by atoms with Crippen LogP contribution >= 0.6 is 0 Å². The Bertz CT molecular complexity index is 757. The van der Waals surface area contributed by atoms with Crippen molar-refractivity contribution in [3.05, 3.63) is 77.4 Å². The Labute approximate surface area is 177 Å². The van der Waals surface area contributed by atoms with E-state index in [2.05, 4.69) is 74.2 Å². The van der Waals surface area contributed by atoms with E-state index in [1.54, 1.807) is 0 Å². The van der Waals surface area contributed by atoms with Crippen LogP contribution in [0.3, 0.4) is 0 Å². The molecule has 0 bridgehead atoms. The Kier molecular flexibility index (Phi) is 8.61. The molecule has 0 unspecified atom stereocenters. The number of rotatable bonds is 10. The fourth-order valence-electron chi connectivity index (χ4n) is 4.00. The Morgan fingerprint density at radius 2 is 1.41 bits per heavy atom. The van der Waals surface area contributed by atoms with Crippen molar-refractivity contribution in [2.45, 2.75) is 70.6 Å². The predicted octanol–water partition coefficient (Wildman–Crippen LogP) is 8.42. The average molecular weight is 389 g/mol. The molecule has 1 aliphatic carbocycles. The van der Waals surface area contributed by atoms with Gasteiger partial charge < -0.3 is 4.74 Å². The average Bonchev–Trinajstić information content (AvgIpc) is 2.76. The first-order valence-corrected chi connectivity index (χ1v) is 11.4. The zero-order valence-corrected chi connectivity index (χ0v) is 18.0. The van der Waals surface area contributed by atoms with Crippen LogP contribution in [-0.4, -0.2) is 6.61 Å². The van der Waals surface area contributed by atoms with Crippen LogP contribution in [0.2, 0.25) is 0 Å². The van der Waals surface area contributed by atoms with Crippen molar-refractivity contribution in [3.63, 3.8) is 0 Å². The molecule has 1 aliphatic rings. The Balaban J connectivity index is 1.45. The highest BCUT2D eigenvalue weighted by molar-refractivity contribution is 5.69. The normalized spacial score (nSPS) is 15.1. The molecule has 154 valence electrons. The lowest BCUT2D eigenvalue weighted by Crippen LogP contribution is -2.05. The van der Waals surface area contributed by atoms with E-state index < -0.39 is 0 Å². The second-order valence-corrected chi connectivity index (χ2v) is 8.36. The van der Waals surface area contributed by atoms with Crippen LogP contribution in [0.15, 0.2) is 60.7 Å². The molecule has 1 nitrogen and oxygen atoms in total. The number of allylic oxidation sites excluding steroid dienone is 1. The minimum absolute atomic E-state index is 0.706. The van der Waals surface area contributed by atoms with Crippen LogP contribution in [-0.2, 0) is 0 Å². The fourth-order valence-corrected chi connectivity index (χ4v) is 4.00. The van der Waals surface area contributed by atoms with E-state index in [1.807, 2.05) is 0 Å². The van der Waals surface area contributed by atoms with Crippen LogP contribution in [0.25, 0.3) is 12.2 Å². The molecule has 0 aliphatic heterocycles. The van der Waals surface area contributed by atoms with Gasteiger partial charge in [0.05, 0.1) is 6.61 Å². The van der Waals surface area contributed by atoms with Gasteiger partial charge in [-0.15, -0.1) is 0 Å². The van der Waals surface area contributed by atoms with Crippen molar-refractivity contribution in [1.82, 2.24) is 0 Å². The molecule has 3 rings (SSSR count). The Morgan fingerprint density at radius 1 is 0.828 bits per heavy atom. The molecule has 0 aromatic heterocycles. The molecule has 0 heterocycles. The molecule has 0 radical (unpaired) electrons. The van der Waals surface area contributed by atoms with Crippen molar-refractivity contribution >= 4 is 12.2 Å². The molecular formula is C28H36O. The number of ether oxygens (including phenoxy) is 1. The minimum Gasteiger partial charge on any atom is -0.494 e. The van der Waals surface area contributed by atoms with Crippen LogP contribution in [0.1, 0.15) is 87.3 Å². The van der Waals surface area contributed by atoms with E-state index in [0.717, 1.165) is 18.8 Å². The van der Waals surface area contributed by atoms with E-state index in [9.17, 15) is 0 Å². The standard InChI is InChI=1S/C28H36O/c1-3-4-5-6-7-22-29-28-20-14-25(15-21-28)11-10-24-12-18-27(19-13-24)26-16-8-23(2)9-17-26/h10-15,18-21,26H,2-9,16-17,22H2,1H3. The smallest absolute Gasteiger partial charge is 0.119 e. The molecule has 1 heteroatoms. The summed E-state index contributed by atoms with van der Waals surface area (Å²) in [7, 11) is 0. The van der Waals surface area contributed by atoms with E-state index >= 15 is 0 Å². The van der Waals surface area contributed by atoms with Gasteiger partial charge in [-0.1, -0.05) is 93.3 Å². The van der Waals surface area contributed by atoms with Gasteiger partial charge in [-0.2, -0.15) is 0 Å². The van der Waals surface area contributed by atoms with Gasteiger partial charge in [0, 0.05) is 0 Å². The summed E-state index contributed by atoms with van der Waals surface area (Å²) in [5.74, 6) is 1.68. The van der Waals surface area contributed by atoms with Crippen molar-refractivity contribution in [2.75, 3.05) is 6.61 Å². The van der Waals surface area contributed by atoms with Gasteiger partial charge in [0.15, 0.2) is 0 Å². The second kappa shape index (κ2) is 11.7. The monoisotopic (exact) mass is 388 g/mol. The molecule has 2 aromatic rings. The topological polar surface area (TPSA) is 9.23 Å². The molecule has 0 amide bonds. The van der Waals surface area contributed by atoms with E-state index in [4.69, 9.17) is 4.74 Å². The number of hydrogen-bond donors (Lipinski definition) is 0. The quantitative estimate of drug-likeness (QED) is 0.225. The largest absolute Gasteiger partial charge is 0.494 e. The summed E-state index contributed by atoms with van der Waals surface area (Å²) in [6.45, 7) is 7.19. The van der Waals surface area contributed by atoms with Gasteiger partial charge >= 0.3 is 0 Å². The fraction of sp³-hybridized carbons (Fsp3) is 0.429. The predicted molar refractivity (Wildman–Crippen MR) is 126 cm³/mol. The highest BCUT2D eigenvalue weighted by Crippen LogP contribution is 2.34. The number of benzene rings is 2. The van der Waals surface area contributed by atoms with Gasteiger partial charge in [0.2, 0.25) is 0 Å². The zero-order valence-electron chi connectivity index (χ0n) is 18.0. The van der Waals surface area contributed by atoms with Crippen LogP contribution in [0.5, 0.6) is 5.75 Å². The van der Waals surface area contributed by atoms with E-state index in [1.165, 1.54) is 73.6 Å². The number of unbranched alkanes of at least 4 members (excludes halogenated alkanes) is 4. The van der Waals surface area contributed by atoms with Crippen molar-refractivity contribution in [3.8, 4) is 5.75 Å². The summed E-state index contributed by atoms with van der Waals surface area (Å²) >= 11 is 0. The second-order valence-electron chi connectivity index (χ2n) is 8.36. The summed E-state index contributed by atoms with van der Waals surface area (Å²) in [5, 5.41) is 0. The summed E-state index contributed by atoms with van der Waals surface area (Å²) in [5.41, 5.74) is 5.35. The van der Waals surface area contributed by atoms with Gasteiger partial charge in [0.25, 0.3) is 0 Å². The SMILES string of the molecule is C=C1CCC(c2ccc(C=Cc3ccc(OCCCCCCC)cc3)cc2)CC1. The molecule has 0 saturated heterocycles. The third-order valence-electron chi connectivity index (χ3n) is 5.97. The van der Waals surface area contributed by atoms with Gasteiger partial charge in [0.1, 0.15) is 5.75 Å². The highest BCUT2D eigenvalue weighted by Gasteiger charge is 2.16. The maximum atomic E-state index is 5.85. The summed E-state index contributed by atoms with van der Waals surface area (Å²) in [4.78, 5) is 0. The van der Waals surface area contributed by atoms with Crippen molar-refractivity contribution in [2.24, 2.45) is 0 Å². The molecule has 0 atom stereocenters. The van der Waals surface area contributed by atoms with Crippen LogP contribution < -0.4 is 4.74 Å². The third kappa shape index (κ3) is 7.24. The lowest BCUT2D eigenvalue weighted by atomic mass is 9.82. The maximum Gasteiger partial charge on any atom is 0.119 e. The molecule has 0 N–H and O–H groups in total. The first-order valence-electron chi connectivity index (χ1n) is 11.4. The minimum atomic E-state index is 0.706. The lowest BCUT2D eigenvalue weighted by Gasteiger charge is -2.23. The van der Waals surface area contributed by atoms with Gasteiger partial charge in [-0.05, 0) is 66.8 Å². The summed E-state index contributed by atoms with van der Waals surface area (Å²) < 4.78 is 5.85. The third-order valence-corrected chi connectivity index (χ3v) is 5.97. The Morgan fingerprint density at radius 3 is 2.03 bits per heavy atom. The van der Waals surface area contributed by atoms with Crippen LogP contribution in [0, 0.1) is 0 Å². The van der Waals surface area contributed by atoms with E-state index in [-0.39, 0.29) is 0 Å². The molecular weight excluding hydrogens is 352 g/mol. The molecule has 2 aromatic carbocycles. The van der Waals surface area contributed by atoms with E-state index in [0.29, 0.717) is 5.92 Å². The summed E-state index contributed by atoms with van der Waals surface area (Å²) in [6, 6.07) is 17.5. The highest BCUT2D eigenvalue weighted by atomic mass is 16.5. The molecule has 29 heavy (non-hydrogen) atoms. The molecule has 1 fully saturated rings. The van der Waals surface area contributed by atoms with Gasteiger partial charge in [-0.25, -0.2) is 0 Å². The molecule has 1 saturated carbocycles. The maximum absolute atomic E-state index is 5.85. The Hall–Kier alpha value is -2.28. The van der Waals surface area contributed by atoms with Crippen LogP contribution in [0.4, 0.5) is 0 Å². The molecule has 0 spiro atoms. The first-order chi connectivity index (χ1) is 14.2. The van der Waals surface area contributed by atoms with Crippen molar-refractivity contribution in [1.29, 1.82) is 0 Å². The first kappa shape index (κ1) is 21.4. The van der Waals surface area contributed by atoms with Gasteiger partial charge in [-0.3, -0.25) is 0 Å².